The third-order valence-electron chi connectivity index (χ3n) is 5.13. The SMILES string of the molecule is C=CCc1ccc(OCC(=O)NCc2ccc(OCC3CCCO3)c(OC)c2)c(OC)c1. The molecule has 1 aliphatic heterocycles. The molecule has 2 aromatic carbocycles. The minimum absolute atomic E-state index is 0.114. The number of allylic oxidation sites excluding steroid dienone is 1. The highest BCUT2D eigenvalue weighted by Crippen LogP contribution is 2.30. The lowest BCUT2D eigenvalue weighted by Gasteiger charge is -2.15. The second-order valence-electron chi connectivity index (χ2n) is 7.47. The average molecular weight is 442 g/mol. The molecule has 0 bridgehead atoms. The number of carbonyl (C=O) groups is 1. The van der Waals surface area contributed by atoms with Crippen LogP contribution in [-0.4, -0.2) is 46.1 Å². The first kappa shape index (κ1) is 23.5. The van der Waals surface area contributed by atoms with Gasteiger partial charge < -0.3 is 29.0 Å². The van der Waals surface area contributed by atoms with Crippen molar-refractivity contribution in [2.24, 2.45) is 0 Å². The number of rotatable bonds is 12. The van der Waals surface area contributed by atoms with E-state index >= 15 is 0 Å². The Hall–Kier alpha value is -3.19. The van der Waals surface area contributed by atoms with Gasteiger partial charge in [-0.05, 0) is 54.7 Å². The van der Waals surface area contributed by atoms with Gasteiger partial charge in [0.05, 0.1) is 20.3 Å². The van der Waals surface area contributed by atoms with Gasteiger partial charge in [-0.15, -0.1) is 6.58 Å². The van der Waals surface area contributed by atoms with Crippen molar-refractivity contribution >= 4 is 5.91 Å². The molecule has 1 aliphatic rings. The van der Waals surface area contributed by atoms with Crippen LogP contribution in [0.15, 0.2) is 49.1 Å². The molecule has 0 aromatic heterocycles. The Morgan fingerprint density at radius 3 is 2.41 bits per heavy atom. The van der Waals surface area contributed by atoms with Gasteiger partial charge in [0.25, 0.3) is 5.91 Å². The van der Waals surface area contributed by atoms with Crippen LogP contribution in [-0.2, 0) is 22.5 Å². The van der Waals surface area contributed by atoms with Crippen molar-refractivity contribution in [2.75, 3.05) is 34.0 Å². The summed E-state index contributed by atoms with van der Waals surface area (Å²) in [5, 5.41) is 2.85. The van der Waals surface area contributed by atoms with E-state index in [9.17, 15) is 4.79 Å². The van der Waals surface area contributed by atoms with E-state index in [1.54, 1.807) is 20.3 Å². The molecule has 7 heteroatoms. The molecule has 1 unspecified atom stereocenters. The van der Waals surface area contributed by atoms with Gasteiger partial charge in [-0.1, -0.05) is 18.2 Å². The quantitative estimate of drug-likeness (QED) is 0.507. The zero-order valence-electron chi connectivity index (χ0n) is 18.7. The highest BCUT2D eigenvalue weighted by molar-refractivity contribution is 5.77. The van der Waals surface area contributed by atoms with Crippen LogP contribution in [0.25, 0.3) is 0 Å². The third kappa shape index (κ3) is 6.65. The van der Waals surface area contributed by atoms with Crippen LogP contribution in [0.1, 0.15) is 24.0 Å². The molecule has 32 heavy (non-hydrogen) atoms. The summed E-state index contributed by atoms with van der Waals surface area (Å²) in [5.41, 5.74) is 1.96. The lowest BCUT2D eigenvalue weighted by molar-refractivity contribution is -0.123. The molecular formula is C25H31NO6. The minimum Gasteiger partial charge on any atom is -0.493 e. The van der Waals surface area contributed by atoms with Crippen LogP contribution in [0.2, 0.25) is 0 Å². The second-order valence-corrected chi connectivity index (χ2v) is 7.47. The Labute approximate surface area is 189 Å². The van der Waals surface area contributed by atoms with Crippen LogP contribution in [0.4, 0.5) is 0 Å². The summed E-state index contributed by atoms with van der Waals surface area (Å²) < 4.78 is 27.9. The minimum atomic E-state index is -0.236. The van der Waals surface area contributed by atoms with Crippen LogP contribution < -0.4 is 24.3 Å². The number of ether oxygens (including phenoxy) is 5. The fourth-order valence-electron chi connectivity index (χ4n) is 3.42. The number of carbonyl (C=O) groups excluding carboxylic acids is 1. The maximum atomic E-state index is 12.3. The molecule has 172 valence electrons. The lowest BCUT2D eigenvalue weighted by atomic mass is 10.1. The summed E-state index contributed by atoms with van der Waals surface area (Å²) >= 11 is 0. The standard InChI is InChI=1S/C25H31NO6/c1-4-6-18-8-10-22(23(13-18)28-2)32-17-25(27)26-15-19-9-11-21(24(14-19)29-3)31-16-20-7-5-12-30-20/h4,8-11,13-14,20H,1,5-7,12,15-17H2,2-3H3,(H,26,27). The Bertz CT molecular complexity index is 907. The van der Waals surface area contributed by atoms with Gasteiger partial charge in [-0.25, -0.2) is 0 Å². The van der Waals surface area contributed by atoms with Gasteiger partial charge in [0.15, 0.2) is 29.6 Å². The normalized spacial score (nSPS) is 15.1. The zero-order chi connectivity index (χ0) is 22.8. The molecule has 0 saturated carbocycles. The highest BCUT2D eigenvalue weighted by atomic mass is 16.5. The van der Waals surface area contributed by atoms with E-state index in [0.29, 0.717) is 36.1 Å². The number of benzene rings is 2. The summed E-state index contributed by atoms with van der Waals surface area (Å²) in [5.74, 6) is 2.15. The molecule has 0 radical (unpaired) electrons. The van der Waals surface area contributed by atoms with Gasteiger partial charge >= 0.3 is 0 Å². The van der Waals surface area contributed by atoms with Gasteiger partial charge in [0, 0.05) is 13.2 Å². The molecule has 2 aromatic rings. The summed E-state index contributed by atoms with van der Waals surface area (Å²) in [7, 11) is 3.17. The van der Waals surface area contributed by atoms with Crippen molar-refractivity contribution in [3.63, 3.8) is 0 Å². The maximum absolute atomic E-state index is 12.3. The van der Waals surface area contributed by atoms with Crippen molar-refractivity contribution in [3.05, 3.63) is 60.2 Å². The molecule has 1 N–H and O–H groups in total. The second kappa shape index (κ2) is 12.0. The van der Waals surface area contributed by atoms with Crippen LogP contribution in [0.3, 0.4) is 0 Å². The largest absolute Gasteiger partial charge is 0.493 e. The summed E-state index contributed by atoms with van der Waals surface area (Å²) in [4.78, 5) is 12.3. The van der Waals surface area contributed by atoms with Crippen LogP contribution >= 0.6 is 0 Å². The molecule has 0 spiro atoms. The predicted octanol–water partition coefficient (Wildman–Crippen LogP) is 3.69. The fourth-order valence-corrected chi connectivity index (χ4v) is 3.42. The Morgan fingerprint density at radius 2 is 1.75 bits per heavy atom. The van der Waals surface area contributed by atoms with E-state index in [0.717, 1.165) is 37.0 Å². The molecule has 1 saturated heterocycles. The van der Waals surface area contributed by atoms with Crippen LogP contribution in [0, 0.1) is 0 Å². The smallest absolute Gasteiger partial charge is 0.258 e. The van der Waals surface area contributed by atoms with E-state index in [2.05, 4.69) is 11.9 Å². The molecule has 1 fully saturated rings. The van der Waals surface area contributed by atoms with E-state index < -0.39 is 0 Å². The zero-order valence-corrected chi connectivity index (χ0v) is 18.7. The van der Waals surface area contributed by atoms with Crippen molar-refractivity contribution < 1.29 is 28.5 Å². The molecule has 1 heterocycles. The lowest BCUT2D eigenvalue weighted by Crippen LogP contribution is -2.28. The Balaban J connectivity index is 1.49. The van der Waals surface area contributed by atoms with E-state index in [1.807, 2.05) is 36.4 Å². The summed E-state index contributed by atoms with van der Waals surface area (Å²) in [6.07, 6.45) is 4.77. The van der Waals surface area contributed by atoms with Crippen molar-refractivity contribution in [1.29, 1.82) is 0 Å². The average Bonchev–Trinajstić information content (AvgIpc) is 3.34. The van der Waals surface area contributed by atoms with E-state index in [4.69, 9.17) is 23.7 Å². The molecule has 0 aliphatic carbocycles. The van der Waals surface area contributed by atoms with Gasteiger partial charge in [0.2, 0.25) is 0 Å². The van der Waals surface area contributed by atoms with Crippen molar-refractivity contribution in [3.8, 4) is 23.0 Å². The topological polar surface area (TPSA) is 75.3 Å². The number of amides is 1. The van der Waals surface area contributed by atoms with E-state index in [1.165, 1.54) is 0 Å². The molecule has 7 nitrogen and oxygen atoms in total. The predicted molar refractivity (Wildman–Crippen MR) is 122 cm³/mol. The van der Waals surface area contributed by atoms with E-state index in [-0.39, 0.29) is 18.6 Å². The monoisotopic (exact) mass is 441 g/mol. The van der Waals surface area contributed by atoms with Crippen LogP contribution in [0.5, 0.6) is 23.0 Å². The third-order valence-corrected chi connectivity index (χ3v) is 5.13. The number of methoxy groups -OCH3 is 2. The first-order valence-electron chi connectivity index (χ1n) is 10.7. The number of hydrogen-bond donors (Lipinski definition) is 1. The van der Waals surface area contributed by atoms with Gasteiger partial charge in [0.1, 0.15) is 6.61 Å². The summed E-state index contributed by atoms with van der Waals surface area (Å²) in [6.45, 7) is 5.26. The number of nitrogens with one attached hydrogen (secondary N) is 1. The summed E-state index contributed by atoms with van der Waals surface area (Å²) in [6, 6.07) is 11.2. The Morgan fingerprint density at radius 1 is 1.06 bits per heavy atom. The first-order chi connectivity index (χ1) is 15.6. The van der Waals surface area contributed by atoms with Crippen molar-refractivity contribution in [1.82, 2.24) is 5.32 Å². The molecule has 1 amide bonds. The number of hydrogen-bond acceptors (Lipinski definition) is 6. The fraction of sp³-hybridized carbons (Fsp3) is 0.400. The molecule has 1 atom stereocenters. The maximum Gasteiger partial charge on any atom is 0.258 e. The van der Waals surface area contributed by atoms with Gasteiger partial charge in [-0.3, -0.25) is 4.79 Å². The van der Waals surface area contributed by atoms with Crippen molar-refractivity contribution in [2.45, 2.75) is 31.9 Å². The van der Waals surface area contributed by atoms with Gasteiger partial charge in [-0.2, -0.15) is 0 Å². The molecule has 3 rings (SSSR count). The molecular weight excluding hydrogens is 410 g/mol. The first-order valence-corrected chi connectivity index (χ1v) is 10.7. The highest BCUT2D eigenvalue weighted by Gasteiger charge is 2.17. The Kier molecular flexibility index (Phi) is 8.80.